The third kappa shape index (κ3) is 3.72. The van der Waals surface area contributed by atoms with Gasteiger partial charge in [-0.05, 0) is 37.3 Å². The van der Waals surface area contributed by atoms with E-state index in [1.807, 2.05) is 12.1 Å². The Balaban J connectivity index is 1.69. The van der Waals surface area contributed by atoms with E-state index in [1.165, 1.54) is 37.4 Å². The maximum atomic E-state index is 12.4. The van der Waals surface area contributed by atoms with Gasteiger partial charge in [-0.15, -0.1) is 0 Å². The molecule has 0 unspecified atom stereocenters. The molecular formula is C19H15F2NO4. The van der Waals surface area contributed by atoms with Crippen LogP contribution in [0.4, 0.5) is 8.78 Å². The summed E-state index contributed by atoms with van der Waals surface area (Å²) in [5.41, 5.74) is 1.35. The van der Waals surface area contributed by atoms with Crippen molar-refractivity contribution >= 4 is 22.7 Å². The van der Waals surface area contributed by atoms with E-state index in [0.29, 0.717) is 10.9 Å². The predicted octanol–water partition coefficient (Wildman–Crippen LogP) is 4.20. The van der Waals surface area contributed by atoms with Crippen LogP contribution in [0.25, 0.3) is 10.9 Å². The number of para-hydroxylation sites is 1. The molecule has 1 N–H and O–H groups in total. The summed E-state index contributed by atoms with van der Waals surface area (Å²) in [6.07, 6.45) is 0.499. The third-order valence-corrected chi connectivity index (χ3v) is 3.83. The minimum absolute atomic E-state index is 0.0556. The van der Waals surface area contributed by atoms with Crippen molar-refractivity contribution in [3.8, 4) is 5.75 Å². The number of rotatable bonds is 6. The molecule has 1 atom stereocenters. The normalized spacial score (nSPS) is 12.2. The molecule has 3 aromatic rings. The number of esters is 1. The summed E-state index contributed by atoms with van der Waals surface area (Å²) in [4.78, 5) is 27.7. The molecule has 0 spiro atoms. The molecule has 1 aromatic heterocycles. The van der Waals surface area contributed by atoms with E-state index in [4.69, 9.17) is 4.74 Å². The quantitative estimate of drug-likeness (QED) is 0.529. The van der Waals surface area contributed by atoms with Crippen LogP contribution in [0.1, 0.15) is 27.6 Å². The number of ether oxygens (including phenoxy) is 2. The SMILES string of the molecule is C[C@H](OC(=O)c1c[nH]c2ccccc12)C(=O)c1ccc(OC(F)F)cc1. The Labute approximate surface area is 147 Å². The van der Waals surface area contributed by atoms with Crippen LogP contribution in [0.2, 0.25) is 0 Å². The number of aromatic nitrogens is 1. The molecule has 3 rings (SSSR count). The molecule has 2 aromatic carbocycles. The first kappa shape index (κ1) is 17.6. The predicted molar refractivity (Wildman–Crippen MR) is 90.6 cm³/mol. The topological polar surface area (TPSA) is 68.4 Å². The van der Waals surface area contributed by atoms with Crippen molar-refractivity contribution in [3.63, 3.8) is 0 Å². The van der Waals surface area contributed by atoms with Crippen LogP contribution < -0.4 is 4.74 Å². The minimum atomic E-state index is -2.94. The highest BCUT2D eigenvalue weighted by molar-refractivity contribution is 6.06. The summed E-state index contributed by atoms with van der Waals surface area (Å²) >= 11 is 0. The lowest BCUT2D eigenvalue weighted by molar-refractivity contribution is -0.0498. The lowest BCUT2D eigenvalue weighted by atomic mass is 10.1. The maximum Gasteiger partial charge on any atom is 0.387 e. The molecule has 5 nitrogen and oxygen atoms in total. The number of carbonyl (C=O) groups is 2. The van der Waals surface area contributed by atoms with Gasteiger partial charge in [0.2, 0.25) is 5.78 Å². The second-order valence-electron chi connectivity index (χ2n) is 5.56. The Bertz CT molecular complexity index is 934. The van der Waals surface area contributed by atoms with Crippen LogP contribution in [-0.2, 0) is 4.74 Å². The molecule has 134 valence electrons. The molecule has 0 aliphatic heterocycles. The highest BCUT2D eigenvalue weighted by Crippen LogP contribution is 2.20. The van der Waals surface area contributed by atoms with E-state index in [0.717, 1.165) is 5.52 Å². The lowest BCUT2D eigenvalue weighted by Crippen LogP contribution is -2.24. The van der Waals surface area contributed by atoms with E-state index >= 15 is 0 Å². The number of benzene rings is 2. The summed E-state index contributed by atoms with van der Waals surface area (Å²) in [7, 11) is 0. The molecule has 0 amide bonds. The van der Waals surface area contributed by atoms with Crippen molar-refractivity contribution in [1.82, 2.24) is 4.98 Å². The second kappa shape index (κ2) is 7.35. The summed E-state index contributed by atoms with van der Waals surface area (Å²) in [5.74, 6) is -1.12. The Hall–Kier alpha value is -3.22. The highest BCUT2D eigenvalue weighted by Gasteiger charge is 2.22. The van der Waals surface area contributed by atoms with Gasteiger partial charge in [0.1, 0.15) is 5.75 Å². The zero-order valence-corrected chi connectivity index (χ0v) is 13.7. The number of halogens is 2. The Morgan fingerprint density at radius 3 is 2.42 bits per heavy atom. The number of Topliss-reactive ketones (excluding diaryl/α,β-unsaturated/α-hetero) is 1. The van der Waals surface area contributed by atoms with Crippen LogP contribution in [0, 0.1) is 0 Å². The number of alkyl halides is 2. The Morgan fingerprint density at radius 2 is 1.73 bits per heavy atom. The van der Waals surface area contributed by atoms with E-state index < -0.39 is 24.5 Å². The molecule has 0 saturated heterocycles. The zero-order chi connectivity index (χ0) is 18.7. The number of aromatic amines is 1. The van der Waals surface area contributed by atoms with Gasteiger partial charge in [-0.1, -0.05) is 18.2 Å². The first-order valence-electron chi connectivity index (χ1n) is 7.82. The first-order valence-corrected chi connectivity index (χ1v) is 7.82. The van der Waals surface area contributed by atoms with Crippen molar-refractivity contribution in [2.45, 2.75) is 19.6 Å². The molecule has 0 saturated carbocycles. The van der Waals surface area contributed by atoms with Crippen LogP contribution in [0.5, 0.6) is 5.75 Å². The number of fused-ring (bicyclic) bond motifs is 1. The molecule has 0 fully saturated rings. The van der Waals surface area contributed by atoms with E-state index in [2.05, 4.69) is 9.72 Å². The van der Waals surface area contributed by atoms with Gasteiger partial charge in [0.15, 0.2) is 6.10 Å². The number of hydrogen-bond donors (Lipinski definition) is 1. The number of ketones is 1. The van der Waals surface area contributed by atoms with Crippen molar-refractivity contribution in [1.29, 1.82) is 0 Å². The maximum absolute atomic E-state index is 12.4. The average Bonchev–Trinajstić information content (AvgIpc) is 3.05. The second-order valence-corrected chi connectivity index (χ2v) is 5.56. The van der Waals surface area contributed by atoms with Gasteiger partial charge in [-0.3, -0.25) is 4.79 Å². The van der Waals surface area contributed by atoms with Gasteiger partial charge in [-0.2, -0.15) is 8.78 Å². The molecule has 1 heterocycles. The van der Waals surface area contributed by atoms with Crippen LogP contribution in [0.3, 0.4) is 0 Å². The van der Waals surface area contributed by atoms with Crippen LogP contribution in [0.15, 0.2) is 54.7 Å². The standard InChI is InChI=1S/C19H15F2NO4/c1-11(17(23)12-6-8-13(9-7-12)26-19(20)21)25-18(24)15-10-22-16-5-3-2-4-14(15)16/h2-11,19,22H,1H3/t11-/m0/s1. The first-order chi connectivity index (χ1) is 12.5. The number of nitrogens with one attached hydrogen (secondary N) is 1. The smallest absolute Gasteiger partial charge is 0.387 e. The molecular weight excluding hydrogens is 344 g/mol. The molecule has 0 aliphatic rings. The van der Waals surface area contributed by atoms with Gasteiger partial charge in [0, 0.05) is 22.7 Å². The van der Waals surface area contributed by atoms with Gasteiger partial charge in [0.25, 0.3) is 0 Å². The molecule has 0 bridgehead atoms. The summed E-state index contributed by atoms with van der Waals surface area (Å²) in [5, 5.41) is 0.700. The number of carbonyl (C=O) groups excluding carboxylic acids is 2. The van der Waals surface area contributed by atoms with E-state index in [9.17, 15) is 18.4 Å². The van der Waals surface area contributed by atoms with Gasteiger partial charge < -0.3 is 14.5 Å². The highest BCUT2D eigenvalue weighted by atomic mass is 19.3. The van der Waals surface area contributed by atoms with Crippen molar-refractivity contribution in [2.75, 3.05) is 0 Å². The van der Waals surface area contributed by atoms with Crippen LogP contribution in [-0.4, -0.2) is 29.5 Å². The van der Waals surface area contributed by atoms with Crippen molar-refractivity contribution in [3.05, 3.63) is 65.9 Å². The summed E-state index contributed by atoms with van der Waals surface area (Å²) < 4.78 is 33.8. The number of H-pyrrole nitrogens is 1. The summed E-state index contributed by atoms with van der Waals surface area (Å²) in [6.45, 7) is -1.48. The minimum Gasteiger partial charge on any atom is -0.451 e. The molecule has 7 heteroatoms. The van der Waals surface area contributed by atoms with Gasteiger partial charge >= 0.3 is 12.6 Å². The summed E-state index contributed by atoms with van der Waals surface area (Å²) in [6, 6.07) is 12.4. The fourth-order valence-electron chi connectivity index (χ4n) is 2.55. The fraction of sp³-hybridized carbons (Fsp3) is 0.158. The van der Waals surface area contributed by atoms with Gasteiger partial charge in [-0.25, -0.2) is 4.79 Å². The van der Waals surface area contributed by atoms with Crippen molar-refractivity contribution < 1.29 is 27.8 Å². The fourth-order valence-corrected chi connectivity index (χ4v) is 2.55. The van der Waals surface area contributed by atoms with Crippen LogP contribution >= 0.6 is 0 Å². The Morgan fingerprint density at radius 1 is 1.04 bits per heavy atom. The molecule has 0 radical (unpaired) electrons. The van der Waals surface area contributed by atoms with E-state index in [-0.39, 0.29) is 11.3 Å². The van der Waals surface area contributed by atoms with E-state index in [1.54, 1.807) is 12.1 Å². The van der Waals surface area contributed by atoms with Gasteiger partial charge in [0.05, 0.1) is 5.56 Å². The third-order valence-electron chi connectivity index (χ3n) is 3.83. The average molecular weight is 359 g/mol. The van der Waals surface area contributed by atoms with Crippen molar-refractivity contribution in [2.24, 2.45) is 0 Å². The zero-order valence-electron chi connectivity index (χ0n) is 13.7. The Kier molecular flexibility index (Phi) is 4.97. The largest absolute Gasteiger partial charge is 0.451 e. The molecule has 0 aliphatic carbocycles. The lowest BCUT2D eigenvalue weighted by Gasteiger charge is -2.12. The number of hydrogen-bond acceptors (Lipinski definition) is 4. The monoisotopic (exact) mass is 359 g/mol. The molecule has 26 heavy (non-hydrogen) atoms.